The van der Waals surface area contributed by atoms with Gasteiger partial charge in [0, 0.05) is 5.54 Å². The molecule has 0 bridgehead atoms. The van der Waals surface area contributed by atoms with Gasteiger partial charge in [0.2, 0.25) is 10.0 Å². The number of benzene rings is 2. The van der Waals surface area contributed by atoms with Crippen LogP contribution in [-0.2, 0) is 24.3 Å². The van der Waals surface area contributed by atoms with Crippen molar-refractivity contribution in [3.8, 4) is 0 Å². The Morgan fingerprint density at radius 3 is 2.16 bits per heavy atom. The number of sulfonamides is 1. The number of aryl methyl sites for hydroxylation is 1. The molecule has 0 heterocycles. The number of carbonyl (C=O) groups is 2. The molecule has 0 spiro atoms. The Kier molecular flexibility index (Phi) is 7.98. The lowest BCUT2D eigenvalue weighted by Crippen LogP contribution is -2.40. The summed E-state index contributed by atoms with van der Waals surface area (Å²) >= 11 is 0. The van der Waals surface area contributed by atoms with Crippen molar-refractivity contribution in [1.29, 1.82) is 0 Å². The normalized spacial score (nSPS) is 12.8. The Morgan fingerprint density at radius 2 is 1.66 bits per heavy atom. The maximum atomic E-state index is 12.7. The first-order valence-corrected chi connectivity index (χ1v) is 11.7. The highest BCUT2D eigenvalue weighted by atomic mass is 32.2. The fourth-order valence-electron chi connectivity index (χ4n) is 3.21. The zero-order chi connectivity index (χ0) is 24.1. The van der Waals surface area contributed by atoms with Gasteiger partial charge < -0.3 is 9.84 Å². The van der Waals surface area contributed by atoms with Crippen molar-refractivity contribution in [2.75, 3.05) is 6.61 Å². The molecule has 2 N–H and O–H groups in total. The molecule has 0 fully saturated rings. The zero-order valence-corrected chi connectivity index (χ0v) is 19.7. The first-order chi connectivity index (χ1) is 14.8. The molecule has 0 aromatic heterocycles. The molecule has 0 radical (unpaired) electrons. The topological polar surface area (TPSA) is 110 Å². The van der Waals surface area contributed by atoms with E-state index in [-0.39, 0.29) is 17.1 Å². The van der Waals surface area contributed by atoms with Crippen LogP contribution in [0.15, 0.2) is 59.0 Å². The van der Waals surface area contributed by atoms with Crippen LogP contribution in [0.2, 0.25) is 0 Å². The van der Waals surface area contributed by atoms with Crippen LogP contribution in [0.3, 0.4) is 0 Å². The summed E-state index contributed by atoms with van der Waals surface area (Å²) in [6.45, 7) is 8.86. The molecule has 172 valence electrons. The van der Waals surface area contributed by atoms with Crippen LogP contribution < -0.4 is 4.72 Å². The van der Waals surface area contributed by atoms with Crippen LogP contribution in [0.4, 0.5) is 0 Å². The van der Waals surface area contributed by atoms with Crippen molar-refractivity contribution < 1.29 is 27.9 Å². The third kappa shape index (κ3) is 6.77. The Labute approximate surface area is 189 Å². The van der Waals surface area contributed by atoms with E-state index in [0.717, 1.165) is 5.56 Å². The number of carbonyl (C=O) groups excluding carboxylic acids is 1. The first-order valence-electron chi connectivity index (χ1n) is 10.2. The fraction of sp³-hybridized carbons (Fsp3) is 0.333. The van der Waals surface area contributed by atoms with Crippen LogP contribution in [0.25, 0.3) is 5.57 Å². The van der Waals surface area contributed by atoms with E-state index in [9.17, 15) is 23.1 Å². The fourth-order valence-corrected chi connectivity index (χ4v) is 4.63. The van der Waals surface area contributed by atoms with Gasteiger partial charge in [-0.15, -0.1) is 0 Å². The molecule has 0 saturated carbocycles. The first kappa shape index (κ1) is 25.3. The maximum Gasteiger partial charge on any atom is 0.335 e. The largest absolute Gasteiger partial charge is 0.481 e. The predicted molar refractivity (Wildman–Crippen MR) is 123 cm³/mol. The highest BCUT2D eigenvalue weighted by Crippen LogP contribution is 2.31. The minimum Gasteiger partial charge on any atom is -0.481 e. The SMILES string of the molecule is CCOC(=O)/C(CC(=O)O)=C(/c1ccc(S(=O)(=O)NC(C)(C)C)cc1)c1cccc(C)c1. The number of carboxylic acid groups (broad SMARTS) is 1. The molecule has 0 atom stereocenters. The molecule has 8 heteroatoms. The summed E-state index contributed by atoms with van der Waals surface area (Å²) in [5.74, 6) is -1.90. The summed E-state index contributed by atoms with van der Waals surface area (Å²) in [7, 11) is -3.75. The average molecular weight is 460 g/mol. The second-order valence-corrected chi connectivity index (χ2v) is 10.1. The van der Waals surface area contributed by atoms with Crippen molar-refractivity contribution in [1.82, 2.24) is 4.72 Å². The smallest absolute Gasteiger partial charge is 0.335 e. The molecule has 0 amide bonds. The molecule has 7 nitrogen and oxygen atoms in total. The number of hydrogen-bond donors (Lipinski definition) is 2. The summed E-state index contributed by atoms with van der Waals surface area (Å²) in [5, 5.41) is 9.43. The van der Waals surface area contributed by atoms with Crippen LogP contribution >= 0.6 is 0 Å². The minimum atomic E-state index is -3.75. The third-order valence-electron chi connectivity index (χ3n) is 4.35. The van der Waals surface area contributed by atoms with Crippen molar-refractivity contribution >= 4 is 27.5 Å². The Hall–Kier alpha value is -2.97. The molecule has 0 aliphatic rings. The van der Waals surface area contributed by atoms with E-state index < -0.39 is 33.9 Å². The van der Waals surface area contributed by atoms with E-state index in [1.165, 1.54) is 12.1 Å². The van der Waals surface area contributed by atoms with E-state index in [1.807, 2.05) is 19.1 Å². The van der Waals surface area contributed by atoms with E-state index in [0.29, 0.717) is 16.7 Å². The quantitative estimate of drug-likeness (QED) is 0.457. The maximum absolute atomic E-state index is 12.7. The average Bonchev–Trinajstić information content (AvgIpc) is 2.66. The number of rotatable bonds is 8. The number of aliphatic carboxylic acids is 1. The highest BCUT2D eigenvalue weighted by Gasteiger charge is 2.25. The molecule has 32 heavy (non-hydrogen) atoms. The molecule has 2 rings (SSSR count). The van der Waals surface area contributed by atoms with Gasteiger partial charge in [0.05, 0.1) is 23.5 Å². The molecule has 2 aromatic rings. The lowest BCUT2D eigenvalue weighted by Gasteiger charge is -2.20. The summed E-state index contributed by atoms with van der Waals surface area (Å²) in [5.41, 5.74) is 1.80. The Balaban J connectivity index is 2.70. The van der Waals surface area contributed by atoms with Gasteiger partial charge in [-0.1, -0.05) is 42.0 Å². The van der Waals surface area contributed by atoms with Crippen LogP contribution in [0.5, 0.6) is 0 Å². The Morgan fingerprint density at radius 1 is 1.03 bits per heavy atom. The second-order valence-electron chi connectivity index (χ2n) is 8.39. The van der Waals surface area contributed by atoms with Crippen molar-refractivity contribution in [2.24, 2.45) is 0 Å². The van der Waals surface area contributed by atoms with Gasteiger partial charge in [-0.05, 0) is 63.5 Å². The molecular weight excluding hydrogens is 430 g/mol. The van der Waals surface area contributed by atoms with Gasteiger partial charge in [0.25, 0.3) is 0 Å². The van der Waals surface area contributed by atoms with Gasteiger partial charge in [-0.3, -0.25) is 4.79 Å². The Bertz CT molecular complexity index is 1130. The molecule has 0 aliphatic carbocycles. The van der Waals surface area contributed by atoms with Crippen molar-refractivity contribution in [3.63, 3.8) is 0 Å². The number of ether oxygens (including phenoxy) is 1. The summed E-state index contributed by atoms with van der Waals surface area (Å²) in [6, 6.07) is 13.3. The van der Waals surface area contributed by atoms with Gasteiger partial charge in [-0.2, -0.15) is 0 Å². The lowest BCUT2D eigenvalue weighted by atomic mass is 9.90. The van der Waals surface area contributed by atoms with Crippen molar-refractivity contribution in [3.05, 3.63) is 70.8 Å². The van der Waals surface area contributed by atoms with Crippen molar-refractivity contribution in [2.45, 2.75) is 51.5 Å². The molecule has 0 unspecified atom stereocenters. The predicted octanol–water partition coefficient (Wildman–Crippen LogP) is 3.91. The number of hydrogen-bond acceptors (Lipinski definition) is 5. The van der Waals surface area contributed by atoms with Crippen LogP contribution in [0, 0.1) is 6.92 Å². The van der Waals surface area contributed by atoms with Crippen LogP contribution in [-0.4, -0.2) is 37.6 Å². The molecule has 0 saturated heterocycles. The van der Waals surface area contributed by atoms with E-state index >= 15 is 0 Å². The van der Waals surface area contributed by atoms with Gasteiger partial charge in [0.1, 0.15) is 0 Å². The highest BCUT2D eigenvalue weighted by molar-refractivity contribution is 7.89. The van der Waals surface area contributed by atoms with E-state index in [4.69, 9.17) is 4.74 Å². The number of carboxylic acids is 1. The molecule has 0 aliphatic heterocycles. The number of nitrogens with one attached hydrogen (secondary N) is 1. The van der Waals surface area contributed by atoms with E-state index in [1.54, 1.807) is 52.0 Å². The number of esters is 1. The molecular formula is C24H29NO6S. The van der Waals surface area contributed by atoms with Gasteiger partial charge in [-0.25, -0.2) is 17.9 Å². The van der Waals surface area contributed by atoms with E-state index in [2.05, 4.69) is 4.72 Å². The summed E-state index contributed by atoms with van der Waals surface area (Å²) < 4.78 is 33.0. The van der Waals surface area contributed by atoms with Gasteiger partial charge in [0.15, 0.2) is 0 Å². The second kappa shape index (κ2) is 10.1. The zero-order valence-electron chi connectivity index (χ0n) is 18.9. The molecule has 2 aromatic carbocycles. The van der Waals surface area contributed by atoms with Gasteiger partial charge >= 0.3 is 11.9 Å². The lowest BCUT2D eigenvalue weighted by molar-refractivity contribution is -0.142. The minimum absolute atomic E-state index is 0.00614. The summed E-state index contributed by atoms with van der Waals surface area (Å²) in [6.07, 6.45) is -0.534. The third-order valence-corrected chi connectivity index (χ3v) is 6.13. The van der Waals surface area contributed by atoms with Crippen LogP contribution in [0.1, 0.15) is 50.8 Å². The standard InChI is InChI=1S/C24H29NO6S/c1-6-31-23(28)20(15-21(26)27)22(18-9-7-8-16(2)14-18)17-10-12-19(13-11-17)32(29,30)25-24(3,4)5/h7-14,25H,6,15H2,1-5H3,(H,26,27)/b22-20-. The summed E-state index contributed by atoms with van der Waals surface area (Å²) in [4.78, 5) is 24.3. The monoisotopic (exact) mass is 459 g/mol.